The van der Waals surface area contributed by atoms with Crippen molar-refractivity contribution in [2.24, 2.45) is 0 Å². The molecule has 1 saturated heterocycles. The number of imidazole rings is 1. The first kappa shape index (κ1) is 11.7. The summed E-state index contributed by atoms with van der Waals surface area (Å²) in [4.78, 5) is 7.99. The predicted octanol–water partition coefficient (Wildman–Crippen LogP) is 2.39. The third-order valence-electron chi connectivity index (χ3n) is 3.46. The van der Waals surface area contributed by atoms with Gasteiger partial charge in [-0.05, 0) is 31.9 Å². The summed E-state index contributed by atoms with van der Waals surface area (Å²) in [6.45, 7) is 3.86. The number of nitrogens with one attached hydrogen (secondary N) is 2. The van der Waals surface area contributed by atoms with E-state index >= 15 is 0 Å². The lowest BCUT2D eigenvalue weighted by Crippen LogP contribution is -2.38. The second-order valence-corrected chi connectivity index (χ2v) is 4.94. The molecule has 0 aliphatic carbocycles. The number of para-hydroxylation sites is 2. The molecule has 2 heterocycles. The van der Waals surface area contributed by atoms with Gasteiger partial charge in [-0.25, -0.2) is 4.98 Å². The van der Waals surface area contributed by atoms with Gasteiger partial charge in [-0.3, -0.25) is 0 Å². The van der Waals surface area contributed by atoms with Gasteiger partial charge in [0.25, 0.3) is 0 Å². The second-order valence-electron chi connectivity index (χ2n) is 4.94. The minimum absolute atomic E-state index is 0.226. The Bertz CT molecular complexity index is 483. The third kappa shape index (κ3) is 2.40. The van der Waals surface area contributed by atoms with E-state index in [0.717, 1.165) is 36.5 Å². The van der Waals surface area contributed by atoms with Crippen LogP contribution in [-0.4, -0.2) is 29.2 Å². The van der Waals surface area contributed by atoms with Gasteiger partial charge in [0, 0.05) is 12.6 Å². The van der Waals surface area contributed by atoms with Crippen molar-refractivity contribution in [3.8, 4) is 0 Å². The Labute approximate surface area is 107 Å². The largest absolute Gasteiger partial charge is 0.380 e. The molecule has 18 heavy (non-hydrogen) atoms. The molecule has 1 aromatic heterocycles. The summed E-state index contributed by atoms with van der Waals surface area (Å²) in [6, 6.07) is 8.80. The van der Waals surface area contributed by atoms with E-state index < -0.39 is 0 Å². The molecule has 0 amide bonds. The Kier molecular flexibility index (Phi) is 3.30. The fourth-order valence-electron chi connectivity index (χ4n) is 2.48. The van der Waals surface area contributed by atoms with E-state index in [4.69, 9.17) is 4.74 Å². The first-order chi connectivity index (χ1) is 8.83. The third-order valence-corrected chi connectivity index (χ3v) is 3.46. The van der Waals surface area contributed by atoms with Crippen LogP contribution < -0.4 is 5.32 Å². The molecule has 2 atom stereocenters. The number of ether oxygens (including phenoxy) is 1. The summed E-state index contributed by atoms with van der Waals surface area (Å²) in [6.07, 6.45) is 2.33. The highest BCUT2D eigenvalue weighted by Gasteiger charge is 2.18. The molecular weight excluding hydrogens is 226 g/mol. The number of rotatable bonds is 3. The highest BCUT2D eigenvalue weighted by Crippen LogP contribution is 2.17. The van der Waals surface area contributed by atoms with Crippen molar-refractivity contribution in [2.45, 2.75) is 31.8 Å². The summed E-state index contributed by atoms with van der Waals surface area (Å²) >= 11 is 0. The summed E-state index contributed by atoms with van der Waals surface area (Å²) in [7, 11) is 0. The Balaban J connectivity index is 1.72. The molecule has 0 radical (unpaired) electrons. The lowest BCUT2D eigenvalue weighted by Gasteiger charge is -2.25. The molecule has 0 bridgehead atoms. The van der Waals surface area contributed by atoms with Gasteiger partial charge in [0.05, 0.1) is 23.7 Å². The molecule has 1 fully saturated rings. The Morgan fingerprint density at radius 3 is 3.11 bits per heavy atom. The SMILES string of the molecule is CC(NC1CCCOC1)c1nc2ccccc2[nH]1. The molecule has 96 valence electrons. The molecule has 1 aromatic carbocycles. The number of hydrogen-bond acceptors (Lipinski definition) is 3. The van der Waals surface area contributed by atoms with E-state index in [9.17, 15) is 0 Å². The molecule has 4 nitrogen and oxygen atoms in total. The molecule has 2 N–H and O–H groups in total. The van der Waals surface area contributed by atoms with Crippen LogP contribution >= 0.6 is 0 Å². The van der Waals surface area contributed by atoms with Gasteiger partial charge in [-0.1, -0.05) is 12.1 Å². The number of benzene rings is 1. The highest BCUT2D eigenvalue weighted by atomic mass is 16.5. The zero-order chi connectivity index (χ0) is 12.4. The summed E-state index contributed by atoms with van der Waals surface area (Å²) in [5.41, 5.74) is 2.13. The predicted molar refractivity (Wildman–Crippen MR) is 71.5 cm³/mol. The number of fused-ring (bicyclic) bond motifs is 1. The Hall–Kier alpha value is -1.39. The van der Waals surface area contributed by atoms with Gasteiger partial charge in [-0.15, -0.1) is 0 Å². The monoisotopic (exact) mass is 245 g/mol. The topological polar surface area (TPSA) is 49.9 Å². The number of H-pyrrole nitrogens is 1. The Morgan fingerprint density at radius 2 is 2.33 bits per heavy atom. The van der Waals surface area contributed by atoms with Crippen LogP contribution in [0.3, 0.4) is 0 Å². The summed E-state index contributed by atoms with van der Waals surface area (Å²) in [5, 5.41) is 3.58. The van der Waals surface area contributed by atoms with Gasteiger partial charge >= 0.3 is 0 Å². The Morgan fingerprint density at radius 1 is 1.44 bits per heavy atom. The van der Waals surface area contributed by atoms with Crippen LogP contribution in [0.5, 0.6) is 0 Å². The van der Waals surface area contributed by atoms with Crippen molar-refractivity contribution >= 4 is 11.0 Å². The van der Waals surface area contributed by atoms with Crippen LogP contribution in [0.1, 0.15) is 31.6 Å². The van der Waals surface area contributed by atoms with Crippen LogP contribution in [0.25, 0.3) is 11.0 Å². The van der Waals surface area contributed by atoms with Crippen LogP contribution in [0.2, 0.25) is 0 Å². The molecule has 2 aromatic rings. The van der Waals surface area contributed by atoms with Gasteiger partial charge < -0.3 is 15.0 Å². The fraction of sp³-hybridized carbons (Fsp3) is 0.500. The lowest BCUT2D eigenvalue weighted by atomic mass is 10.1. The van der Waals surface area contributed by atoms with Crippen molar-refractivity contribution in [1.82, 2.24) is 15.3 Å². The van der Waals surface area contributed by atoms with Crippen molar-refractivity contribution in [3.63, 3.8) is 0 Å². The smallest absolute Gasteiger partial charge is 0.124 e. The molecular formula is C14H19N3O. The van der Waals surface area contributed by atoms with Gasteiger partial charge in [0.15, 0.2) is 0 Å². The average molecular weight is 245 g/mol. The van der Waals surface area contributed by atoms with Gasteiger partial charge in [0.2, 0.25) is 0 Å². The summed E-state index contributed by atoms with van der Waals surface area (Å²) in [5.74, 6) is 1.00. The number of hydrogen-bond donors (Lipinski definition) is 2. The maximum absolute atomic E-state index is 5.48. The fourth-order valence-corrected chi connectivity index (χ4v) is 2.48. The first-order valence-corrected chi connectivity index (χ1v) is 6.61. The van der Waals surface area contributed by atoms with Gasteiger partial charge in [-0.2, -0.15) is 0 Å². The molecule has 4 heteroatoms. The van der Waals surface area contributed by atoms with Crippen molar-refractivity contribution in [1.29, 1.82) is 0 Å². The molecule has 3 rings (SSSR count). The minimum atomic E-state index is 0.226. The summed E-state index contributed by atoms with van der Waals surface area (Å²) < 4.78 is 5.48. The number of nitrogens with zero attached hydrogens (tertiary/aromatic N) is 1. The maximum atomic E-state index is 5.48. The van der Waals surface area contributed by atoms with E-state index in [-0.39, 0.29) is 6.04 Å². The van der Waals surface area contributed by atoms with Crippen molar-refractivity contribution < 1.29 is 4.74 Å². The zero-order valence-corrected chi connectivity index (χ0v) is 10.6. The minimum Gasteiger partial charge on any atom is -0.380 e. The van der Waals surface area contributed by atoms with E-state index in [2.05, 4.69) is 28.3 Å². The molecule has 0 spiro atoms. The van der Waals surface area contributed by atoms with Crippen LogP contribution in [0, 0.1) is 0 Å². The second kappa shape index (κ2) is 5.08. The molecule has 0 saturated carbocycles. The van der Waals surface area contributed by atoms with E-state index in [1.807, 2.05) is 18.2 Å². The van der Waals surface area contributed by atoms with E-state index in [1.165, 1.54) is 6.42 Å². The molecule has 1 aliphatic rings. The normalized spacial score (nSPS) is 22.2. The van der Waals surface area contributed by atoms with Crippen LogP contribution in [0.4, 0.5) is 0 Å². The number of aromatic amines is 1. The zero-order valence-electron chi connectivity index (χ0n) is 10.6. The lowest BCUT2D eigenvalue weighted by molar-refractivity contribution is 0.0668. The van der Waals surface area contributed by atoms with Crippen LogP contribution in [0.15, 0.2) is 24.3 Å². The van der Waals surface area contributed by atoms with Crippen molar-refractivity contribution in [2.75, 3.05) is 13.2 Å². The highest BCUT2D eigenvalue weighted by molar-refractivity contribution is 5.74. The quantitative estimate of drug-likeness (QED) is 0.873. The maximum Gasteiger partial charge on any atom is 0.124 e. The van der Waals surface area contributed by atoms with Crippen molar-refractivity contribution in [3.05, 3.63) is 30.1 Å². The van der Waals surface area contributed by atoms with Gasteiger partial charge in [0.1, 0.15) is 5.82 Å². The number of aromatic nitrogens is 2. The molecule has 2 unspecified atom stereocenters. The standard InChI is InChI=1S/C14H19N3O/c1-10(15-11-5-4-8-18-9-11)14-16-12-6-2-3-7-13(12)17-14/h2-3,6-7,10-11,15H,4-5,8-9H2,1H3,(H,16,17). The average Bonchev–Trinajstić information content (AvgIpc) is 2.84. The van der Waals surface area contributed by atoms with E-state index in [0.29, 0.717) is 6.04 Å². The van der Waals surface area contributed by atoms with Crippen LogP contribution in [-0.2, 0) is 4.74 Å². The van der Waals surface area contributed by atoms with E-state index in [1.54, 1.807) is 0 Å². The molecule has 1 aliphatic heterocycles. The first-order valence-electron chi connectivity index (χ1n) is 6.61.